The van der Waals surface area contributed by atoms with Crippen molar-refractivity contribution in [3.8, 4) is 0 Å². The fourth-order valence-corrected chi connectivity index (χ4v) is 15.7. The molecule has 0 aromatic carbocycles. The Kier molecular flexibility index (Phi) is 96.9. The van der Waals surface area contributed by atoms with E-state index >= 15 is 0 Å². The first-order valence-electron chi connectivity index (χ1n) is 50.5. The minimum atomic E-state index is -5.12. The third-order valence-electron chi connectivity index (χ3n) is 21.8. The number of carbonyl (C=O) groups is 7. The molecule has 25 nitrogen and oxygen atoms in total. The summed E-state index contributed by atoms with van der Waals surface area (Å²) in [5.74, 6) is -2.38. The molecule has 0 heterocycles. The van der Waals surface area contributed by atoms with E-state index in [9.17, 15) is 52.5 Å². The molecule has 0 radical (unpaired) electrons. The van der Waals surface area contributed by atoms with Crippen LogP contribution in [0, 0.1) is 0 Å². The number of hydrogen-bond donors (Lipinski definition) is 4. The Morgan fingerprint density at radius 2 is 0.516 bits per heavy atom. The van der Waals surface area contributed by atoms with E-state index in [-0.39, 0.29) is 149 Å². The maximum atomic E-state index is 14.0. The quantitative estimate of drug-likeness (QED) is 0.0110. The van der Waals surface area contributed by atoms with Crippen LogP contribution in [-0.2, 0) is 84.4 Å². The van der Waals surface area contributed by atoms with Gasteiger partial charge in [0, 0.05) is 51.6 Å². The van der Waals surface area contributed by atoms with Crippen LogP contribution in [0.4, 0.5) is 4.79 Å². The summed E-state index contributed by atoms with van der Waals surface area (Å²) in [5.41, 5.74) is 0. The normalized spacial score (nSPS) is 14.0. The molecule has 0 saturated carbocycles. The van der Waals surface area contributed by atoms with Crippen molar-refractivity contribution in [3.05, 3.63) is 48.6 Å². The van der Waals surface area contributed by atoms with Gasteiger partial charge in [-0.25, -0.2) is 4.79 Å². The van der Waals surface area contributed by atoms with Gasteiger partial charge in [0.2, 0.25) is 11.8 Å². The van der Waals surface area contributed by atoms with E-state index in [1.165, 1.54) is 77.0 Å². The third-order valence-corrected chi connectivity index (χ3v) is 23.7. The number of urea groups is 1. The van der Waals surface area contributed by atoms with E-state index in [0.29, 0.717) is 64.2 Å². The SMILES string of the molecule is CCCCCC/C=C\CCCC(=O)OC(CCCCCCC)CCOCC(COP(=O)([O-])OCCNC(=O)NCCOP(=O)([O-])OCC(COCCC(CCCCCCC)OC(=O)CCC/C=C\CCCCCC)NC(=O)C[C@@H](CCCCCCC)OC(=O)CCC/C=C\CCCCCC)NC(=O)C[C@@H](CCCCCCC)OC(=O)CCC/C=C\CCCCCC.[Na+].[Na+]. The number of rotatable bonds is 94. The average Bonchev–Trinajstić information content (AvgIpc) is 0.896. The van der Waals surface area contributed by atoms with Crippen LogP contribution in [0.25, 0.3) is 0 Å². The summed E-state index contributed by atoms with van der Waals surface area (Å²) in [6.45, 7) is 14.1. The Balaban J connectivity index is -0.0000781. The molecule has 128 heavy (non-hydrogen) atoms. The zero-order valence-corrected chi connectivity index (χ0v) is 88.3. The molecule has 0 rings (SSSR count). The average molecular weight is 1870 g/mol. The fraction of sp³-hybridized carbons (Fsp3) is 0.848. The fourth-order valence-electron chi connectivity index (χ4n) is 14.2. The van der Waals surface area contributed by atoms with E-state index in [2.05, 4.69) is 125 Å². The number of ether oxygens (including phenoxy) is 6. The van der Waals surface area contributed by atoms with Gasteiger partial charge in [0.05, 0.1) is 77.8 Å². The molecule has 4 N–H and O–H groups in total. The second-order valence-corrected chi connectivity index (χ2v) is 36.9. The maximum Gasteiger partial charge on any atom is 1.00 e. The van der Waals surface area contributed by atoms with Gasteiger partial charge in [0.1, 0.15) is 24.4 Å². The van der Waals surface area contributed by atoms with Gasteiger partial charge in [-0.2, -0.15) is 0 Å². The largest absolute Gasteiger partial charge is 1.00 e. The second kappa shape index (κ2) is 95.9. The Labute approximate surface area is 822 Å². The van der Waals surface area contributed by atoms with E-state index in [0.717, 1.165) is 205 Å². The predicted molar refractivity (Wildman–Crippen MR) is 504 cm³/mol. The number of allylic oxidation sites excluding steroid dienone is 8. The molecule has 0 spiro atoms. The molecule has 0 bridgehead atoms. The van der Waals surface area contributed by atoms with E-state index in [1.807, 2.05) is 0 Å². The van der Waals surface area contributed by atoms with Crippen LogP contribution in [0.1, 0.15) is 441 Å². The first kappa shape index (κ1) is 129. The molecular weight excluding hydrogens is 1690 g/mol. The molecule has 0 aliphatic heterocycles. The Morgan fingerprint density at radius 1 is 0.281 bits per heavy atom. The third kappa shape index (κ3) is 89.7. The predicted octanol–water partition coefficient (Wildman–Crippen LogP) is 17.7. The molecule has 8 atom stereocenters. The number of phosphoric acid groups is 2. The van der Waals surface area contributed by atoms with Crippen LogP contribution in [-0.4, -0.2) is 144 Å². The van der Waals surface area contributed by atoms with Gasteiger partial charge in [-0.05, 0) is 154 Å². The number of unbranched alkanes of at least 4 members (excludes halogenated alkanes) is 36. The number of hydrogen-bond acceptors (Lipinski definition) is 21. The van der Waals surface area contributed by atoms with Crippen LogP contribution in [0.15, 0.2) is 48.6 Å². The van der Waals surface area contributed by atoms with Crippen molar-refractivity contribution >= 4 is 57.4 Å². The minimum absolute atomic E-state index is 0. The van der Waals surface area contributed by atoms with Crippen molar-refractivity contribution in [2.75, 3.05) is 65.9 Å². The van der Waals surface area contributed by atoms with Gasteiger partial charge in [-0.3, -0.25) is 37.9 Å². The standard InChI is InChI=1S/C99H184N4O21P2.2Na/c1-9-17-25-33-37-41-45-53-61-69-95(106)121-89(65-57-49-29-21-13-5)73-77-115-83-87(102-93(104)81-91(67-59-51-31-23-15-7)123-97(108)71-63-55-47-43-39-35-27-19-11-3)85-119-125(111,112)117-79-75-100-99(110)101-76-80-118-126(113,114)120-86-88(84-116-78-74-90(66-58-50-30-22-14-6)122-96(107)70-62-54-46-42-38-34-26-18-10-2)103-94(105)82-92(68-60-52-32-24-16-8)124-98(109)72-64-56-48-44-40-36-28-20-12-4;;/h41-48,87-92H,9-40,49-86H2,1-8H3,(H,102,104)(H,103,105)(H,111,112)(H,113,114)(H2,100,101,110);;/q;2*+1/p-2/b45-41-,46-42-,47-43-,48-44-;;/t87?,88?,89?,90?,91-,92-;;/m1../s1. The van der Waals surface area contributed by atoms with E-state index in [4.69, 9.17) is 46.5 Å². The number of nitrogens with one attached hydrogen (secondary N) is 4. The first-order valence-corrected chi connectivity index (χ1v) is 53.4. The van der Waals surface area contributed by atoms with Crippen molar-refractivity contribution in [3.63, 3.8) is 0 Å². The Hall–Kier alpha value is -2.81. The summed E-state index contributed by atoms with van der Waals surface area (Å²) in [5, 5.41) is 10.6. The first-order chi connectivity index (χ1) is 61.2. The molecule has 0 aromatic rings. The zero-order valence-electron chi connectivity index (χ0n) is 82.5. The summed E-state index contributed by atoms with van der Waals surface area (Å²) in [4.78, 5) is 121. The van der Waals surface area contributed by atoms with Crippen molar-refractivity contribution in [1.82, 2.24) is 21.3 Å². The van der Waals surface area contributed by atoms with E-state index in [1.54, 1.807) is 0 Å². The second-order valence-electron chi connectivity index (χ2n) is 34.1. The zero-order chi connectivity index (χ0) is 92.6. The van der Waals surface area contributed by atoms with Gasteiger partial charge < -0.3 is 77.6 Å². The molecule has 0 aliphatic carbocycles. The molecule has 0 aromatic heterocycles. The molecule has 6 unspecified atom stereocenters. The van der Waals surface area contributed by atoms with E-state index < -0.39 is 108 Å². The molecule has 736 valence electrons. The topological polar surface area (TPSA) is 340 Å². The van der Waals surface area contributed by atoms with Crippen molar-refractivity contribution < 1.29 is 158 Å². The van der Waals surface area contributed by atoms with Crippen molar-refractivity contribution in [2.45, 2.75) is 477 Å². The summed E-state index contributed by atoms with van der Waals surface area (Å²) in [6.07, 6.45) is 66.6. The smallest absolute Gasteiger partial charge is 0.756 e. The summed E-state index contributed by atoms with van der Waals surface area (Å²) < 4.78 is 83.9. The van der Waals surface area contributed by atoms with Crippen LogP contribution >= 0.6 is 15.6 Å². The van der Waals surface area contributed by atoms with Crippen molar-refractivity contribution in [2.24, 2.45) is 0 Å². The number of amides is 4. The minimum Gasteiger partial charge on any atom is -0.756 e. The number of phosphoric ester groups is 2. The maximum absolute atomic E-state index is 14.0. The van der Waals surface area contributed by atoms with Crippen LogP contribution in [0.2, 0.25) is 0 Å². The Morgan fingerprint density at radius 3 is 0.781 bits per heavy atom. The monoisotopic (exact) mass is 1870 g/mol. The molecule has 29 heteroatoms. The van der Waals surface area contributed by atoms with Crippen LogP contribution in [0.3, 0.4) is 0 Å². The van der Waals surface area contributed by atoms with Crippen LogP contribution in [0.5, 0.6) is 0 Å². The molecule has 4 amide bonds. The summed E-state index contributed by atoms with van der Waals surface area (Å²) in [6, 6.07) is -2.91. The molecular formula is C99H182N4Na2O21P2. The molecule has 0 aliphatic rings. The number of esters is 4. The molecule has 0 fully saturated rings. The van der Waals surface area contributed by atoms with Gasteiger partial charge in [-0.1, -0.05) is 284 Å². The Bertz CT molecular complexity index is 2670. The summed E-state index contributed by atoms with van der Waals surface area (Å²) in [7, 11) is -10.2. The van der Waals surface area contributed by atoms with Gasteiger partial charge >= 0.3 is 89.0 Å². The number of carbonyl (C=O) groups excluding carboxylic acids is 7. The van der Waals surface area contributed by atoms with Crippen LogP contribution < -0.4 is 90.2 Å². The summed E-state index contributed by atoms with van der Waals surface area (Å²) >= 11 is 0. The van der Waals surface area contributed by atoms with Gasteiger partial charge in [0.25, 0.3) is 15.6 Å². The molecule has 0 saturated heterocycles. The van der Waals surface area contributed by atoms with Crippen molar-refractivity contribution in [1.29, 1.82) is 0 Å². The van der Waals surface area contributed by atoms with Gasteiger partial charge in [0.15, 0.2) is 0 Å². The van der Waals surface area contributed by atoms with Gasteiger partial charge in [-0.15, -0.1) is 0 Å².